The van der Waals surface area contributed by atoms with Crippen molar-refractivity contribution in [2.24, 2.45) is 0 Å². The number of nitrogen functional groups attached to an aromatic ring is 1. The van der Waals surface area contributed by atoms with Gasteiger partial charge < -0.3 is 26.2 Å². The summed E-state index contributed by atoms with van der Waals surface area (Å²) in [6.45, 7) is 1.46. The van der Waals surface area contributed by atoms with Crippen LogP contribution in [0.25, 0.3) is 0 Å². The summed E-state index contributed by atoms with van der Waals surface area (Å²) >= 11 is 5.87. The van der Waals surface area contributed by atoms with Gasteiger partial charge in [-0.3, -0.25) is 9.59 Å². The number of anilines is 3. The highest BCUT2D eigenvalue weighted by Gasteiger charge is 2.37. The Morgan fingerprint density at radius 1 is 1.16 bits per heavy atom. The first-order valence-electron chi connectivity index (χ1n) is 11.6. The first-order valence-corrected chi connectivity index (χ1v) is 12.0. The average molecular weight is 546 g/mol. The number of likely N-dealkylation sites (tertiary alicyclic amines) is 1. The predicted molar refractivity (Wildman–Crippen MR) is 132 cm³/mol. The zero-order valence-electron chi connectivity index (χ0n) is 20.1. The number of nitrogens with two attached hydrogens (primary N) is 1. The van der Waals surface area contributed by atoms with Crippen LogP contribution in [0.2, 0.25) is 5.02 Å². The SMILES string of the molecule is CNC=O.Nc1ncnc(N2CCC[C@@H](N3CCC[C@@H](Nc4cc(Cl)cc(C(F)(F)F)c4)C3=O)C2)c1F. The van der Waals surface area contributed by atoms with Gasteiger partial charge in [-0.1, -0.05) is 11.6 Å². The molecule has 202 valence electrons. The van der Waals surface area contributed by atoms with E-state index in [2.05, 4.69) is 20.6 Å². The van der Waals surface area contributed by atoms with E-state index in [-0.39, 0.29) is 34.3 Å². The Morgan fingerprint density at radius 3 is 2.54 bits per heavy atom. The molecule has 3 heterocycles. The third kappa shape index (κ3) is 7.12. The highest BCUT2D eigenvalue weighted by atomic mass is 35.5. The van der Waals surface area contributed by atoms with Crippen molar-refractivity contribution in [2.75, 3.05) is 42.6 Å². The van der Waals surface area contributed by atoms with Crippen LogP contribution in [-0.2, 0) is 15.8 Å². The molecule has 4 rings (SSSR count). The lowest BCUT2D eigenvalue weighted by molar-refractivity contribution is -0.137. The summed E-state index contributed by atoms with van der Waals surface area (Å²) in [6.07, 6.45) is -0.109. The van der Waals surface area contributed by atoms with Crippen molar-refractivity contribution >= 4 is 41.2 Å². The molecule has 0 bridgehead atoms. The number of carbonyl (C=O) groups is 2. The van der Waals surface area contributed by atoms with E-state index in [1.54, 1.807) is 16.8 Å². The zero-order chi connectivity index (χ0) is 27.2. The molecular formula is C23H28ClF4N7O2. The number of alkyl halides is 3. The second-order valence-corrected chi connectivity index (χ2v) is 9.08. The normalized spacial score (nSPS) is 20.1. The molecule has 2 fully saturated rings. The van der Waals surface area contributed by atoms with E-state index < -0.39 is 23.6 Å². The van der Waals surface area contributed by atoms with Gasteiger partial charge in [0.05, 0.1) is 5.56 Å². The molecule has 0 unspecified atom stereocenters. The van der Waals surface area contributed by atoms with E-state index in [0.717, 1.165) is 25.0 Å². The number of halogens is 5. The fraction of sp³-hybridized carbons (Fsp3) is 0.478. The summed E-state index contributed by atoms with van der Waals surface area (Å²) in [6, 6.07) is 2.30. The number of nitrogens with one attached hydrogen (secondary N) is 2. The molecule has 37 heavy (non-hydrogen) atoms. The largest absolute Gasteiger partial charge is 0.416 e. The van der Waals surface area contributed by atoms with E-state index in [9.17, 15) is 22.4 Å². The number of carbonyl (C=O) groups excluding carboxylic acids is 2. The summed E-state index contributed by atoms with van der Waals surface area (Å²) in [7, 11) is 1.56. The number of nitrogens with zero attached hydrogens (tertiary/aromatic N) is 4. The highest BCUT2D eigenvalue weighted by Crippen LogP contribution is 2.34. The van der Waals surface area contributed by atoms with Crippen molar-refractivity contribution in [3.05, 3.63) is 40.9 Å². The Hall–Kier alpha value is -3.35. The number of piperidine rings is 2. The van der Waals surface area contributed by atoms with Crippen LogP contribution in [0.1, 0.15) is 31.2 Å². The summed E-state index contributed by atoms with van der Waals surface area (Å²) < 4.78 is 53.8. The van der Waals surface area contributed by atoms with E-state index in [0.29, 0.717) is 38.9 Å². The lowest BCUT2D eigenvalue weighted by Crippen LogP contribution is -2.56. The topological polar surface area (TPSA) is 116 Å². The number of benzene rings is 1. The van der Waals surface area contributed by atoms with Gasteiger partial charge in [-0.2, -0.15) is 17.6 Å². The van der Waals surface area contributed by atoms with Crippen molar-refractivity contribution in [3.63, 3.8) is 0 Å². The second kappa shape index (κ2) is 12.3. The van der Waals surface area contributed by atoms with Crippen molar-refractivity contribution in [3.8, 4) is 0 Å². The third-order valence-electron chi connectivity index (χ3n) is 6.09. The van der Waals surface area contributed by atoms with Gasteiger partial charge in [-0.05, 0) is 43.9 Å². The molecule has 0 radical (unpaired) electrons. The van der Waals surface area contributed by atoms with Gasteiger partial charge in [0, 0.05) is 43.4 Å². The Balaban J connectivity index is 0.000000886. The summed E-state index contributed by atoms with van der Waals surface area (Å²) in [5.74, 6) is -1.03. The van der Waals surface area contributed by atoms with Crippen molar-refractivity contribution in [2.45, 2.75) is 43.9 Å². The quantitative estimate of drug-likeness (QED) is 0.390. The van der Waals surface area contributed by atoms with Crippen LogP contribution >= 0.6 is 11.6 Å². The predicted octanol–water partition coefficient (Wildman–Crippen LogP) is 3.30. The Morgan fingerprint density at radius 2 is 1.86 bits per heavy atom. The first-order chi connectivity index (χ1) is 17.5. The lowest BCUT2D eigenvalue weighted by atomic mass is 9.97. The van der Waals surface area contributed by atoms with Crippen molar-refractivity contribution in [1.29, 1.82) is 0 Å². The van der Waals surface area contributed by atoms with Crippen LogP contribution in [0.3, 0.4) is 0 Å². The maximum Gasteiger partial charge on any atom is 0.416 e. The minimum Gasteiger partial charge on any atom is -0.381 e. The average Bonchev–Trinajstić information content (AvgIpc) is 2.86. The van der Waals surface area contributed by atoms with Crippen LogP contribution < -0.4 is 21.3 Å². The maximum atomic E-state index is 14.4. The molecule has 14 heteroatoms. The van der Waals surface area contributed by atoms with Crippen molar-refractivity contribution in [1.82, 2.24) is 20.2 Å². The number of hydrogen-bond acceptors (Lipinski definition) is 7. The fourth-order valence-corrected chi connectivity index (χ4v) is 4.66. The van der Waals surface area contributed by atoms with E-state index in [1.807, 2.05) is 0 Å². The van der Waals surface area contributed by atoms with Gasteiger partial charge in [0.25, 0.3) is 0 Å². The molecule has 4 N–H and O–H groups in total. The second-order valence-electron chi connectivity index (χ2n) is 8.64. The van der Waals surface area contributed by atoms with Crippen molar-refractivity contribution < 1.29 is 27.2 Å². The molecule has 2 aromatic rings. The molecule has 0 spiro atoms. The zero-order valence-corrected chi connectivity index (χ0v) is 20.8. The Kier molecular flexibility index (Phi) is 9.35. The fourth-order valence-electron chi connectivity index (χ4n) is 4.43. The number of hydrogen-bond donors (Lipinski definition) is 3. The van der Waals surface area contributed by atoms with Crippen LogP contribution in [0.5, 0.6) is 0 Å². The van der Waals surface area contributed by atoms with Gasteiger partial charge in [0.15, 0.2) is 11.6 Å². The van der Waals surface area contributed by atoms with E-state index >= 15 is 0 Å². The Labute approximate surface area is 216 Å². The molecule has 0 saturated carbocycles. The molecule has 1 aromatic heterocycles. The van der Waals surface area contributed by atoms with Crippen LogP contribution in [-0.4, -0.2) is 66.0 Å². The molecule has 2 aliphatic heterocycles. The summed E-state index contributed by atoms with van der Waals surface area (Å²) in [5, 5.41) is 5.11. The molecule has 2 amide bonds. The number of rotatable bonds is 5. The molecule has 0 aliphatic carbocycles. The smallest absolute Gasteiger partial charge is 0.381 e. The van der Waals surface area contributed by atoms with Gasteiger partial charge in [-0.25, -0.2) is 9.97 Å². The van der Waals surface area contributed by atoms with Gasteiger partial charge in [0.1, 0.15) is 12.4 Å². The monoisotopic (exact) mass is 545 g/mol. The van der Waals surface area contributed by atoms with Gasteiger partial charge in [0.2, 0.25) is 18.1 Å². The highest BCUT2D eigenvalue weighted by molar-refractivity contribution is 6.31. The number of aromatic nitrogens is 2. The van der Waals surface area contributed by atoms with E-state index in [1.165, 1.54) is 12.4 Å². The Bertz CT molecular complexity index is 1110. The molecule has 2 saturated heterocycles. The van der Waals surface area contributed by atoms with Crippen LogP contribution in [0.15, 0.2) is 24.5 Å². The maximum absolute atomic E-state index is 14.4. The minimum absolute atomic E-state index is 0.0680. The van der Waals surface area contributed by atoms with Gasteiger partial charge in [-0.15, -0.1) is 0 Å². The van der Waals surface area contributed by atoms with E-state index in [4.69, 9.17) is 22.1 Å². The number of amides is 2. The summed E-state index contributed by atoms with van der Waals surface area (Å²) in [4.78, 5) is 33.4. The molecule has 9 nitrogen and oxygen atoms in total. The van der Waals surface area contributed by atoms with Crippen LogP contribution in [0.4, 0.5) is 34.9 Å². The molecule has 2 atom stereocenters. The summed E-state index contributed by atoms with van der Waals surface area (Å²) in [5.41, 5.74) is 4.82. The molecular weight excluding hydrogens is 518 g/mol. The first kappa shape index (κ1) is 28.2. The molecule has 2 aliphatic rings. The lowest BCUT2D eigenvalue weighted by Gasteiger charge is -2.43. The van der Waals surface area contributed by atoms with Gasteiger partial charge >= 0.3 is 6.18 Å². The minimum atomic E-state index is -4.55. The standard InChI is InChI=1S/C21H23ClF4N6O.C2H5NO/c22-13-7-12(21(24,25)26)8-14(9-13)30-16-4-2-6-32(20(16)33)15-3-1-5-31(10-15)19-17(23)18(27)28-11-29-19;1-3-2-4/h7-9,11,15-16,30H,1-6,10H2,(H2,27,28,29);2H,1H3,(H,3,4)/t15-,16-;/m1./s1. The third-order valence-corrected chi connectivity index (χ3v) is 6.31. The molecule has 1 aromatic carbocycles. The van der Waals surface area contributed by atoms with Crippen LogP contribution in [0, 0.1) is 5.82 Å².